The van der Waals surface area contributed by atoms with Gasteiger partial charge >= 0.3 is 0 Å². The second kappa shape index (κ2) is 11.5. The molecule has 0 saturated carbocycles. The zero-order valence-electron chi connectivity index (χ0n) is 18.0. The Bertz CT molecular complexity index is 1160. The second-order valence-corrected chi connectivity index (χ2v) is 7.91. The number of anilines is 2. The third-order valence-corrected chi connectivity index (χ3v) is 5.64. The minimum absolute atomic E-state index is 0.00940. The van der Waals surface area contributed by atoms with Gasteiger partial charge < -0.3 is 21.1 Å². The number of nitrogens with one attached hydrogen (secondary N) is 2. The van der Waals surface area contributed by atoms with E-state index in [2.05, 4.69) is 15.6 Å². The summed E-state index contributed by atoms with van der Waals surface area (Å²) in [5.74, 6) is 0.186. The van der Waals surface area contributed by atoms with Crippen molar-refractivity contribution in [2.24, 2.45) is 0 Å². The van der Waals surface area contributed by atoms with E-state index in [1.54, 1.807) is 31.4 Å². The maximum absolute atomic E-state index is 12.5. The quantitative estimate of drug-likeness (QED) is 0.417. The molecule has 0 aliphatic carbocycles. The molecule has 0 atom stereocenters. The average Bonchev–Trinajstić information content (AvgIpc) is 2.83. The van der Waals surface area contributed by atoms with Gasteiger partial charge in [-0.05, 0) is 42.3 Å². The van der Waals surface area contributed by atoms with E-state index in [0.29, 0.717) is 23.7 Å². The number of hydrogen-bond donors (Lipinski definition) is 3. The van der Waals surface area contributed by atoms with Gasteiger partial charge in [0, 0.05) is 12.2 Å². The van der Waals surface area contributed by atoms with Crippen LogP contribution in [0, 0.1) is 11.3 Å². The summed E-state index contributed by atoms with van der Waals surface area (Å²) in [6, 6.07) is 19.9. The molecule has 0 radical (unpaired) electrons. The summed E-state index contributed by atoms with van der Waals surface area (Å²) in [6.07, 6.45) is 0.681. The van der Waals surface area contributed by atoms with E-state index in [0.717, 1.165) is 23.1 Å². The minimum Gasteiger partial charge on any atom is -0.497 e. The Kier molecular flexibility index (Phi) is 8.27. The van der Waals surface area contributed by atoms with Crippen molar-refractivity contribution in [2.75, 3.05) is 30.5 Å². The summed E-state index contributed by atoms with van der Waals surface area (Å²) in [7, 11) is 1.61. The maximum Gasteiger partial charge on any atom is 0.259 e. The van der Waals surface area contributed by atoms with Crippen molar-refractivity contribution in [3.63, 3.8) is 0 Å². The van der Waals surface area contributed by atoms with Gasteiger partial charge in [-0.25, -0.2) is 4.98 Å². The Morgan fingerprint density at radius 2 is 1.88 bits per heavy atom. The van der Waals surface area contributed by atoms with Gasteiger partial charge in [0.25, 0.3) is 5.91 Å². The lowest BCUT2D eigenvalue weighted by atomic mass is 10.1. The zero-order valence-corrected chi connectivity index (χ0v) is 18.8. The summed E-state index contributed by atoms with van der Waals surface area (Å²) >= 11 is 1.10. The smallest absolute Gasteiger partial charge is 0.259 e. The number of aromatic nitrogens is 1. The molecule has 8 nitrogen and oxygen atoms in total. The maximum atomic E-state index is 12.5. The highest BCUT2D eigenvalue weighted by molar-refractivity contribution is 8.00. The highest BCUT2D eigenvalue weighted by Gasteiger charge is 2.17. The lowest BCUT2D eigenvalue weighted by molar-refractivity contribution is -0.118. The minimum atomic E-state index is -0.462. The van der Waals surface area contributed by atoms with E-state index in [1.807, 2.05) is 36.4 Å². The first-order chi connectivity index (χ1) is 16.0. The van der Waals surface area contributed by atoms with Gasteiger partial charge in [0.15, 0.2) is 0 Å². The summed E-state index contributed by atoms with van der Waals surface area (Å²) in [5, 5.41) is 15.4. The van der Waals surface area contributed by atoms with Crippen LogP contribution in [-0.4, -0.2) is 36.2 Å². The third kappa shape index (κ3) is 6.72. The normalized spacial score (nSPS) is 10.2. The molecule has 33 heavy (non-hydrogen) atoms. The lowest BCUT2D eigenvalue weighted by Crippen LogP contribution is -2.27. The molecule has 1 aromatic heterocycles. The van der Waals surface area contributed by atoms with Crippen molar-refractivity contribution in [1.29, 1.82) is 5.26 Å². The van der Waals surface area contributed by atoms with E-state index in [-0.39, 0.29) is 28.6 Å². The van der Waals surface area contributed by atoms with Crippen LogP contribution < -0.4 is 21.1 Å². The molecule has 2 amide bonds. The van der Waals surface area contributed by atoms with Crippen LogP contribution >= 0.6 is 11.8 Å². The molecule has 4 N–H and O–H groups in total. The van der Waals surface area contributed by atoms with Crippen molar-refractivity contribution in [2.45, 2.75) is 11.4 Å². The largest absolute Gasteiger partial charge is 0.497 e. The number of rotatable bonds is 9. The molecule has 168 valence electrons. The van der Waals surface area contributed by atoms with Crippen LogP contribution in [0.1, 0.15) is 21.5 Å². The molecule has 0 aliphatic heterocycles. The Morgan fingerprint density at radius 1 is 1.15 bits per heavy atom. The van der Waals surface area contributed by atoms with Crippen molar-refractivity contribution in [3.8, 4) is 11.8 Å². The topological polar surface area (TPSA) is 130 Å². The molecule has 0 saturated heterocycles. The Labute approximate surface area is 196 Å². The lowest BCUT2D eigenvalue weighted by Gasteiger charge is -2.10. The number of ether oxygens (including phenoxy) is 1. The van der Waals surface area contributed by atoms with Crippen LogP contribution in [0.25, 0.3) is 0 Å². The standard InChI is InChI=1S/C24H23N5O3S/c1-32-19-9-7-16(8-10-19)11-12-27-21(30)15-33-24-17(14-25)13-20(22(26)29-24)23(31)28-18-5-3-2-4-6-18/h2-10,13H,11-12,15H2,1H3,(H2,26,29)(H,27,30)(H,28,31). The van der Waals surface area contributed by atoms with Gasteiger partial charge in [-0.1, -0.05) is 42.1 Å². The number of thioether (sulfide) groups is 1. The number of nitrogens with two attached hydrogens (primary N) is 1. The molecule has 0 unspecified atom stereocenters. The first-order valence-corrected chi connectivity index (χ1v) is 11.1. The van der Waals surface area contributed by atoms with Crippen molar-refractivity contribution >= 4 is 35.1 Å². The van der Waals surface area contributed by atoms with Gasteiger partial charge in [0.05, 0.1) is 24.0 Å². The fourth-order valence-electron chi connectivity index (χ4n) is 2.93. The predicted octanol–water partition coefficient (Wildman–Crippen LogP) is 3.25. The van der Waals surface area contributed by atoms with Crippen LogP contribution in [-0.2, 0) is 11.2 Å². The number of nitrogens with zero attached hydrogens (tertiary/aromatic N) is 2. The zero-order chi connectivity index (χ0) is 23.6. The molecule has 9 heteroatoms. The van der Waals surface area contributed by atoms with Crippen molar-refractivity contribution in [3.05, 3.63) is 77.4 Å². The first kappa shape index (κ1) is 23.6. The number of nitrogen functional groups attached to an aromatic ring is 1. The van der Waals surface area contributed by atoms with Gasteiger partial charge in [0.1, 0.15) is 22.7 Å². The number of pyridine rings is 1. The predicted molar refractivity (Wildman–Crippen MR) is 128 cm³/mol. The summed E-state index contributed by atoms with van der Waals surface area (Å²) in [4.78, 5) is 28.9. The second-order valence-electron chi connectivity index (χ2n) is 6.94. The number of nitriles is 1. The molecule has 1 heterocycles. The van der Waals surface area contributed by atoms with E-state index in [1.165, 1.54) is 6.07 Å². The number of hydrogen-bond acceptors (Lipinski definition) is 7. The highest BCUT2D eigenvalue weighted by Crippen LogP contribution is 2.24. The molecule has 0 spiro atoms. The Hall–Kier alpha value is -4.03. The highest BCUT2D eigenvalue weighted by atomic mass is 32.2. The first-order valence-electron chi connectivity index (χ1n) is 10.1. The molecule has 0 aliphatic rings. The van der Waals surface area contributed by atoms with Gasteiger partial charge in [-0.15, -0.1) is 0 Å². The molecule has 3 rings (SSSR count). The van der Waals surface area contributed by atoms with E-state index < -0.39 is 5.91 Å². The molecular formula is C24H23N5O3S. The Balaban J connectivity index is 1.55. The van der Waals surface area contributed by atoms with Crippen molar-refractivity contribution < 1.29 is 14.3 Å². The number of amides is 2. The number of benzene rings is 2. The average molecular weight is 462 g/mol. The van der Waals surface area contributed by atoms with Crippen LogP contribution in [0.3, 0.4) is 0 Å². The molecule has 0 fully saturated rings. The van der Waals surface area contributed by atoms with Gasteiger partial charge in [-0.2, -0.15) is 5.26 Å². The van der Waals surface area contributed by atoms with Gasteiger partial charge in [-0.3, -0.25) is 9.59 Å². The van der Waals surface area contributed by atoms with E-state index in [4.69, 9.17) is 10.5 Å². The fourth-order valence-corrected chi connectivity index (χ4v) is 3.72. The van der Waals surface area contributed by atoms with Crippen LogP contribution in [0.2, 0.25) is 0 Å². The number of methoxy groups -OCH3 is 1. The summed E-state index contributed by atoms with van der Waals surface area (Å²) in [5.41, 5.74) is 7.93. The Morgan fingerprint density at radius 3 is 2.55 bits per heavy atom. The fraction of sp³-hybridized carbons (Fsp3) is 0.167. The SMILES string of the molecule is COc1ccc(CCNC(=O)CSc2nc(N)c(C(=O)Nc3ccccc3)cc2C#N)cc1. The van der Waals surface area contributed by atoms with E-state index in [9.17, 15) is 14.9 Å². The summed E-state index contributed by atoms with van der Waals surface area (Å²) in [6.45, 7) is 0.477. The molecule has 2 aromatic carbocycles. The molecular weight excluding hydrogens is 438 g/mol. The monoisotopic (exact) mass is 461 g/mol. The third-order valence-electron chi connectivity index (χ3n) is 4.65. The van der Waals surface area contributed by atoms with Gasteiger partial charge in [0.2, 0.25) is 5.91 Å². The van der Waals surface area contributed by atoms with Crippen LogP contribution in [0.5, 0.6) is 5.75 Å². The number of carbonyl (C=O) groups is 2. The number of para-hydroxylation sites is 1. The van der Waals surface area contributed by atoms with E-state index >= 15 is 0 Å². The number of carbonyl (C=O) groups excluding carboxylic acids is 2. The van der Waals surface area contributed by atoms with Crippen molar-refractivity contribution in [1.82, 2.24) is 10.3 Å². The molecule has 3 aromatic rings. The van der Waals surface area contributed by atoms with Crippen LogP contribution in [0.15, 0.2) is 65.7 Å². The molecule has 0 bridgehead atoms. The summed E-state index contributed by atoms with van der Waals surface area (Å²) < 4.78 is 5.13. The van der Waals surface area contributed by atoms with Crippen LogP contribution in [0.4, 0.5) is 11.5 Å².